The van der Waals surface area contributed by atoms with E-state index in [0.717, 1.165) is 0 Å². The summed E-state index contributed by atoms with van der Waals surface area (Å²) in [4.78, 5) is 6.33. The molecule has 0 N–H and O–H groups in total. The number of allylic oxidation sites excluding steroid dienone is 5. The van der Waals surface area contributed by atoms with E-state index >= 15 is 0 Å². The number of aromatic nitrogens is 1. The topological polar surface area (TPSA) is 19.1 Å². The van der Waals surface area contributed by atoms with Gasteiger partial charge in [0.25, 0.3) is 0 Å². The van der Waals surface area contributed by atoms with Gasteiger partial charge >= 0.3 is 0 Å². The number of pyridine rings is 1. The van der Waals surface area contributed by atoms with Crippen molar-refractivity contribution in [3.63, 3.8) is 0 Å². The van der Waals surface area contributed by atoms with Crippen molar-refractivity contribution in [2.45, 2.75) is 0 Å². The van der Waals surface area contributed by atoms with Crippen molar-refractivity contribution >= 4 is 22.5 Å². The smallest absolute Gasteiger partial charge is 0.200 e. The molecule has 1 aromatic carbocycles. The van der Waals surface area contributed by atoms with E-state index in [1.54, 1.807) is 0 Å². The van der Waals surface area contributed by atoms with Crippen molar-refractivity contribution in [3.05, 3.63) is 83.2 Å². The molecule has 0 aliphatic heterocycles. The lowest BCUT2D eigenvalue weighted by Crippen LogP contribution is -2.11. The highest BCUT2D eigenvalue weighted by molar-refractivity contribution is 6.17. The van der Waals surface area contributed by atoms with Crippen LogP contribution in [0.4, 0.5) is 5.69 Å². The predicted octanol–water partition coefficient (Wildman–Crippen LogP) is 3.63. The van der Waals surface area contributed by atoms with Crippen molar-refractivity contribution in [2.24, 2.45) is 0 Å². The molecule has 0 unspecified atom stereocenters. The second-order valence-corrected chi connectivity index (χ2v) is 6.86. The molecule has 2 aliphatic rings. The summed E-state index contributed by atoms with van der Waals surface area (Å²) in [6.45, 7) is 0. The summed E-state index contributed by atoms with van der Waals surface area (Å²) in [5, 5.41) is 0. The van der Waals surface area contributed by atoms with Gasteiger partial charge in [-0.15, -0.1) is 0 Å². The molecule has 0 spiro atoms. The Labute approximate surface area is 149 Å². The van der Waals surface area contributed by atoms with Crippen LogP contribution in [0, 0.1) is 0 Å². The van der Waals surface area contributed by atoms with Gasteiger partial charge in [0.1, 0.15) is 14.1 Å². The van der Waals surface area contributed by atoms with Crippen molar-refractivity contribution in [1.82, 2.24) is 4.98 Å². The zero-order chi connectivity index (χ0) is 17.6. The Bertz CT molecular complexity index is 970. The summed E-state index contributed by atoms with van der Waals surface area (Å²) in [5.41, 5.74) is 10.1. The summed E-state index contributed by atoms with van der Waals surface area (Å²) >= 11 is 0. The molecule has 4 rings (SSSR count). The maximum Gasteiger partial charge on any atom is 0.200 e. The number of nitrogens with zero attached hydrogens (tertiary/aromatic N) is 3. The lowest BCUT2D eigenvalue weighted by molar-refractivity contribution is -0.462. The summed E-state index contributed by atoms with van der Waals surface area (Å²) in [5.74, 6) is 0. The number of benzene rings is 1. The van der Waals surface area contributed by atoms with Gasteiger partial charge in [-0.25, -0.2) is 4.58 Å². The third-order valence-electron chi connectivity index (χ3n) is 4.84. The third kappa shape index (κ3) is 2.52. The van der Waals surface area contributed by atoms with Crippen molar-refractivity contribution < 1.29 is 4.58 Å². The van der Waals surface area contributed by atoms with Gasteiger partial charge in [-0.2, -0.15) is 0 Å². The molecule has 1 aromatic heterocycles. The van der Waals surface area contributed by atoms with Gasteiger partial charge in [-0.1, -0.05) is 6.07 Å². The maximum atomic E-state index is 4.18. The fraction of sp³-hybridized carbons (Fsp3) is 0.182. The summed E-state index contributed by atoms with van der Waals surface area (Å²) < 4.78 is 2.15. The SMILES string of the molecule is CN(C)c1ccc2c(c1)C1=CC(=[N+](C)C)C=CC1=C2c1ccncc1. The van der Waals surface area contributed by atoms with Crippen LogP contribution in [-0.2, 0) is 0 Å². The molecular formula is C22H22N3+. The minimum atomic E-state index is 1.21. The van der Waals surface area contributed by atoms with Gasteiger partial charge in [-0.3, -0.25) is 4.98 Å². The Hall–Kier alpha value is -2.94. The first kappa shape index (κ1) is 15.6. The summed E-state index contributed by atoms with van der Waals surface area (Å²) in [7, 11) is 8.34. The number of hydrogen-bond donors (Lipinski definition) is 0. The number of hydrogen-bond acceptors (Lipinski definition) is 2. The molecule has 0 fully saturated rings. The Morgan fingerprint density at radius 2 is 1.68 bits per heavy atom. The van der Waals surface area contributed by atoms with Crippen LogP contribution in [0.25, 0.3) is 11.1 Å². The molecule has 3 nitrogen and oxygen atoms in total. The fourth-order valence-electron chi connectivity index (χ4n) is 3.48. The van der Waals surface area contributed by atoms with Crippen LogP contribution < -0.4 is 4.90 Å². The average Bonchev–Trinajstić information content (AvgIpc) is 2.95. The van der Waals surface area contributed by atoms with E-state index in [0.29, 0.717) is 0 Å². The second kappa shape index (κ2) is 5.85. The van der Waals surface area contributed by atoms with E-state index in [1.807, 2.05) is 12.4 Å². The van der Waals surface area contributed by atoms with Gasteiger partial charge < -0.3 is 4.90 Å². The summed E-state index contributed by atoms with van der Waals surface area (Å²) in [6.07, 6.45) is 10.5. The predicted molar refractivity (Wildman–Crippen MR) is 105 cm³/mol. The first-order valence-electron chi connectivity index (χ1n) is 8.47. The molecule has 2 aliphatic carbocycles. The lowest BCUT2D eigenvalue weighted by atomic mass is 9.95. The van der Waals surface area contributed by atoms with Crippen LogP contribution in [0.1, 0.15) is 16.7 Å². The number of rotatable bonds is 2. The van der Waals surface area contributed by atoms with Crippen LogP contribution in [0.5, 0.6) is 0 Å². The molecule has 0 saturated carbocycles. The van der Waals surface area contributed by atoms with Crippen molar-refractivity contribution in [2.75, 3.05) is 33.1 Å². The Balaban J connectivity index is 2.00. The average molecular weight is 328 g/mol. The first-order valence-corrected chi connectivity index (χ1v) is 8.47. The van der Waals surface area contributed by atoms with Gasteiger partial charge in [0, 0.05) is 44.3 Å². The molecule has 0 radical (unpaired) electrons. The highest BCUT2D eigenvalue weighted by atomic mass is 15.1. The first-order chi connectivity index (χ1) is 12.1. The molecule has 0 atom stereocenters. The normalized spacial score (nSPS) is 15.0. The fourth-order valence-corrected chi connectivity index (χ4v) is 3.48. The van der Waals surface area contributed by atoms with Gasteiger partial charge in [0.15, 0.2) is 5.71 Å². The van der Waals surface area contributed by atoms with Gasteiger partial charge in [0.2, 0.25) is 0 Å². The minimum Gasteiger partial charge on any atom is -0.378 e. The molecule has 0 saturated heterocycles. The Morgan fingerprint density at radius 3 is 2.36 bits per heavy atom. The van der Waals surface area contributed by atoms with Crippen LogP contribution >= 0.6 is 0 Å². The highest BCUT2D eigenvalue weighted by Gasteiger charge is 2.29. The van der Waals surface area contributed by atoms with Gasteiger partial charge in [0.05, 0.1) is 0 Å². The van der Waals surface area contributed by atoms with E-state index in [1.165, 1.54) is 44.8 Å². The van der Waals surface area contributed by atoms with E-state index in [9.17, 15) is 0 Å². The van der Waals surface area contributed by atoms with Crippen molar-refractivity contribution in [3.8, 4) is 0 Å². The summed E-state index contributed by atoms with van der Waals surface area (Å²) in [6, 6.07) is 10.9. The molecule has 1 heterocycles. The molecule has 0 amide bonds. The third-order valence-corrected chi connectivity index (χ3v) is 4.84. The molecule has 2 aromatic rings. The lowest BCUT2D eigenvalue weighted by Gasteiger charge is -2.15. The van der Waals surface area contributed by atoms with E-state index in [-0.39, 0.29) is 0 Å². The molecule has 25 heavy (non-hydrogen) atoms. The maximum absolute atomic E-state index is 4.18. The molecule has 3 heteroatoms. The van der Waals surface area contributed by atoms with Crippen molar-refractivity contribution in [1.29, 1.82) is 0 Å². The monoisotopic (exact) mass is 328 g/mol. The zero-order valence-corrected chi connectivity index (χ0v) is 15.1. The number of anilines is 1. The van der Waals surface area contributed by atoms with Crippen LogP contribution in [0.15, 0.2) is 66.5 Å². The molecule has 0 bridgehead atoms. The van der Waals surface area contributed by atoms with Crippen LogP contribution in [0.2, 0.25) is 0 Å². The minimum absolute atomic E-state index is 1.21. The highest BCUT2D eigenvalue weighted by Crippen LogP contribution is 2.47. The van der Waals surface area contributed by atoms with E-state index in [4.69, 9.17) is 0 Å². The number of fused-ring (bicyclic) bond motifs is 3. The standard InChI is InChI=1S/C22H22N3/c1-24(2)16-5-7-18-20(13-16)21-14-17(25(3)4)6-8-19(21)22(18)15-9-11-23-12-10-15/h5-14H,1-4H3/q+1. The Kier molecular flexibility index (Phi) is 3.65. The van der Waals surface area contributed by atoms with Gasteiger partial charge in [-0.05, 0) is 63.8 Å². The molecule has 124 valence electrons. The second-order valence-electron chi connectivity index (χ2n) is 6.86. The largest absolute Gasteiger partial charge is 0.378 e. The zero-order valence-electron chi connectivity index (χ0n) is 15.1. The molecular weight excluding hydrogens is 306 g/mol. The van der Waals surface area contributed by atoms with E-state index in [2.05, 4.69) is 91.2 Å². The van der Waals surface area contributed by atoms with Crippen LogP contribution in [-0.4, -0.2) is 43.5 Å². The van der Waals surface area contributed by atoms with Crippen LogP contribution in [0.3, 0.4) is 0 Å². The quantitative estimate of drug-likeness (QED) is 0.784. The Morgan fingerprint density at radius 1 is 0.920 bits per heavy atom. The van der Waals surface area contributed by atoms with E-state index < -0.39 is 0 Å².